The van der Waals surface area contributed by atoms with Crippen molar-refractivity contribution in [2.45, 2.75) is 41.5 Å². The van der Waals surface area contributed by atoms with Crippen molar-refractivity contribution in [2.75, 3.05) is 0 Å². The Morgan fingerprint density at radius 2 is 0.769 bits per heavy atom. The molecule has 144 valence electrons. The maximum absolute atomic E-state index is 3.02. The number of rotatable bonds is 2. The van der Waals surface area contributed by atoms with E-state index >= 15 is 0 Å². The summed E-state index contributed by atoms with van der Waals surface area (Å²) in [7, 11) is 0. The second-order valence-electron chi connectivity index (χ2n) is 5.39. The molecule has 0 spiro atoms. The van der Waals surface area contributed by atoms with E-state index in [9.17, 15) is 0 Å². The van der Waals surface area contributed by atoms with E-state index in [2.05, 4.69) is 74.3 Å². The minimum Gasteiger partial charge on any atom is -1.00 e. The van der Waals surface area contributed by atoms with Crippen LogP contribution in [0.5, 0.6) is 0 Å². The third kappa shape index (κ3) is 17.9. The van der Waals surface area contributed by atoms with E-state index < -0.39 is 0 Å². The summed E-state index contributed by atoms with van der Waals surface area (Å²) in [5.41, 5.74) is 16.1. The predicted molar refractivity (Wildman–Crippen MR) is 84.7 cm³/mol. The van der Waals surface area contributed by atoms with Gasteiger partial charge in [0.15, 0.2) is 0 Å². The van der Waals surface area contributed by atoms with Crippen molar-refractivity contribution < 1.29 is 135 Å². The molecular weight excluding hydrogens is 950 g/mol. The van der Waals surface area contributed by atoms with Gasteiger partial charge in [0, 0.05) is 11.1 Å². The molecule has 0 heterocycles. The molecule has 2 aliphatic carbocycles. The summed E-state index contributed by atoms with van der Waals surface area (Å²) in [4.78, 5) is 0. The molecule has 0 N–H and O–H groups in total. The van der Waals surface area contributed by atoms with Gasteiger partial charge in [0.2, 0.25) is 0 Å². The Hall–Kier alpha value is 1.89. The van der Waals surface area contributed by atoms with E-state index in [4.69, 9.17) is 0 Å². The summed E-state index contributed by atoms with van der Waals surface area (Å²) in [6, 6.07) is 0. The number of allylic oxidation sites excluding steroid dienone is 4. The van der Waals surface area contributed by atoms with Crippen molar-refractivity contribution in [2.24, 2.45) is 11.8 Å². The zero-order valence-corrected chi connectivity index (χ0v) is 27.5. The topological polar surface area (TPSA) is 0 Å². The summed E-state index contributed by atoms with van der Waals surface area (Å²) in [6.45, 7) is 12.3. The molecule has 0 saturated carbocycles. The van der Waals surface area contributed by atoms with Gasteiger partial charge < -0.3 is 95.9 Å². The van der Waals surface area contributed by atoms with E-state index in [1.165, 1.54) is 0 Å². The van der Waals surface area contributed by atoms with Crippen LogP contribution >= 0.6 is 0 Å². The van der Waals surface area contributed by atoms with Gasteiger partial charge in [0.25, 0.3) is 0 Å². The average Bonchev–Trinajstić information content (AvgIpc) is 2.40. The van der Waals surface area contributed by atoms with Crippen molar-refractivity contribution >= 4 is 0 Å². The SMILES string of the molecule is CC1=C=C=C(C(C)C)C#C1.CC1=C=C=C(C(C)C)C#C1.[I-].[I-].[I-].[I-].[Ru+2].[Ru+2]. The largest absolute Gasteiger partial charge is 2.00 e. The van der Waals surface area contributed by atoms with Crippen LogP contribution in [0, 0.1) is 35.5 Å². The molecule has 0 aromatic rings. The monoisotopic (exact) mass is 972 g/mol. The fourth-order valence-corrected chi connectivity index (χ4v) is 1.35. The van der Waals surface area contributed by atoms with Crippen LogP contribution in [0.3, 0.4) is 0 Å². The Kier molecular flexibility index (Phi) is 37.5. The van der Waals surface area contributed by atoms with Crippen LogP contribution in [0.4, 0.5) is 0 Å². The summed E-state index contributed by atoms with van der Waals surface area (Å²) in [5.74, 6) is 12.9. The van der Waals surface area contributed by atoms with Gasteiger partial charge in [-0.15, -0.1) is 0 Å². The van der Waals surface area contributed by atoms with Crippen molar-refractivity contribution in [3.63, 3.8) is 0 Å². The van der Waals surface area contributed by atoms with Crippen LogP contribution in [0.15, 0.2) is 45.2 Å². The first-order chi connectivity index (χ1) is 9.40. The summed E-state index contributed by atoms with van der Waals surface area (Å²) < 4.78 is 0. The first-order valence-electron chi connectivity index (χ1n) is 6.89. The van der Waals surface area contributed by atoms with Gasteiger partial charge in [-0.05, 0) is 25.7 Å². The summed E-state index contributed by atoms with van der Waals surface area (Å²) in [5, 5.41) is 0. The number of hydrogen-bond acceptors (Lipinski definition) is 0. The number of hydrogen-bond donors (Lipinski definition) is 0. The fourth-order valence-electron chi connectivity index (χ4n) is 1.35. The van der Waals surface area contributed by atoms with Crippen LogP contribution in [0.1, 0.15) is 41.5 Å². The molecule has 0 radical (unpaired) electrons. The van der Waals surface area contributed by atoms with E-state index in [-0.39, 0.29) is 135 Å². The number of halogens is 4. The van der Waals surface area contributed by atoms with Crippen LogP contribution in [-0.2, 0) is 39.0 Å². The van der Waals surface area contributed by atoms with Crippen molar-refractivity contribution in [1.82, 2.24) is 0 Å². The molecule has 2 aliphatic rings. The average molecular weight is 970 g/mol. The quantitative estimate of drug-likeness (QED) is 0.112. The van der Waals surface area contributed by atoms with Gasteiger partial charge in [-0.3, -0.25) is 0 Å². The predicted octanol–water partition coefficient (Wildman–Crippen LogP) is -7.42. The second kappa shape index (κ2) is 23.2. The Labute approximate surface area is 253 Å². The zero-order chi connectivity index (χ0) is 15.1. The van der Waals surface area contributed by atoms with Gasteiger partial charge in [-0.1, -0.05) is 74.3 Å². The molecule has 6 heteroatoms. The van der Waals surface area contributed by atoms with Crippen LogP contribution in [0.25, 0.3) is 0 Å². The molecular formula is C20H20I4Ru2. The van der Waals surface area contributed by atoms with Gasteiger partial charge in [0.1, 0.15) is 0 Å². The van der Waals surface area contributed by atoms with Crippen molar-refractivity contribution in [3.8, 4) is 23.7 Å². The third-order valence-electron chi connectivity index (χ3n) is 2.69. The van der Waals surface area contributed by atoms with Crippen LogP contribution in [-0.4, -0.2) is 0 Å². The summed E-state index contributed by atoms with van der Waals surface area (Å²) in [6.07, 6.45) is 0. The maximum atomic E-state index is 3.02. The van der Waals surface area contributed by atoms with Crippen LogP contribution in [0.2, 0.25) is 0 Å². The van der Waals surface area contributed by atoms with E-state index in [1.54, 1.807) is 0 Å². The van der Waals surface area contributed by atoms with Gasteiger partial charge in [-0.25, -0.2) is 0 Å². The van der Waals surface area contributed by atoms with Gasteiger partial charge >= 0.3 is 39.0 Å². The molecule has 0 unspecified atom stereocenters. The molecule has 0 nitrogen and oxygen atoms in total. The van der Waals surface area contributed by atoms with E-state index in [0.717, 1.165) is 22.3 Å². The first-order valence-corrected chi connectivity index (χ1v) is 6.89. The van der Waals surface area contributed by atoms with Crippen molar-refractivity contribution in [3.05, 3.63) is 45.2 Å². The molecule has 26 heavy (non-hydrogen) atoms. The fraction of sp³-hybridized carbons (Fsp3) is 0.400. The summed E-state index contributed by atoms with van der Waals surface area (Å²) >= 11 is 0. The third-order valence-corrected chi connectivity index (χ3v) is 2.69. The second-order valence-corrected chi connectivity index (χ2v) is 5.39. The van der Waals surface area contributed by atoms with Crippen molar-refractivity contribution in [1.29, 1.82) is 0 Å². The molecule has 0 aromatic heterocycles. The molecule has 0 saturated heterocycles. The Morgan fingerprint density at radius 1 is 0.500 bits per heavy atom. The standard InChI is InChI=1S/2C10H10.4HI.2Ru/c2*1-8(2)10-6-4-9(3)5-7-10;;;;;;/h2*8H,1-3H3;4*1H;;/q;;;;;;2*+2/p-4. The van der Waals surface area contributed by atoms with Crippen LogP contribution < -0.4 is 95.9 Å². The molecule has 2 rings (SSSR count). The minimum atomic E-state index is 0. The first kappa shape index (κ1) is 42.1. The maximum Gasteiger partial charge on any atom is 2.00 e. The van der Waals surface area contributed by atoms with E-state index in [0.29, 0.717) is 11.8 Å². The molecule has 0 amide bonds. The molecule has 0 bridgehead atoms. The molecule has 0 atom stereocenters. The minimum absolute atomic E-state index is 0. The van der Waals surface area contributed by atoms with Gasteiger partial charge in [0.05, 0.1) is 11.1 Å². The van der Waals surface area contributed by atoms with Gasteiger partial charge in [-0.2, -0.15) is 0 Å². The smallest absolute Gasteiger partial charge is 1.00 e. The van der Waals surface area contributed by atoms with E-state index in [1.807, 2.05) is 13.8 Å². The Balaban J connectivity index is -0.0000000625. The molecule has 0 aromatic carbocycles. The molecule has 0 fully saturated rings. The Morgan fingerprint density at radius 3 is 0.923 bits per heavy atom. The molecule has 0 aliphatic heterocycles. The normalized spacial score (nSPS) is 10.8. The zero-order valence-electron chi connectivity index (χ0n) is 15.4. The Bertz CT molecular complexity index is 677.